The fourth-order valence-electron chi connectivity index (χ4n) is 3.79. The van der Waals surface area contributed by atoms with Crippen molar-refractivity contribution in [2.24, 2.45) is 0 Å². The maximum absolute atomic E-state index is 13.1. The molecular weight excluding hydrogens is 466 g/mol. The number of nitrogens with one attached hydrogen (secondary N) is 2. The Morgan fingerprint density at radius 1 is 0.886 bits per heavy atom. The lowest BCUT2D eigenvalue weighted by Gasteiger charge is -2.13. The van der Waals surface area contributed by atoms with E-state index in [2.05, 4.69) is 20.8 Å². The minimum Gasteiger partial charge on any atom is -0.296 e. The van der Waals surface area contributed by atoms with Crippen molar-refractivity contribution in [2.75, 3.05) is 0 Å². The Bertz CT molecular complexity index is 1650. The fourth-order valence-corrected chi connectivity index (χ4v) is 3.91. The van der Waals surface area contributed by atoms with Crippen molar-refractivity contribution >= 4 is 45.4 Å². The van der Waals surface area contributed by atoms with E-state index in [4.69, 9.17) is 11.6 Å². The molecule has 2 amide bonds. The number of hydrogen-bond donors (Lipinski definition) is 2. The SMILES string of the molecule is O=C(Cn1c(=O)cnc2ccccc21)NNC(=O)c1cc(-c2ccc(Cl)cc2)nc2ccccc12. The quantitative estimate of drug-likeness (QED) is 0.379. The molecule has 0 saturated heterocycles. The molecule has 0 radical (unpaired) electrons. The lowest BCUT2D eigenvalue weighted by atomic mass is 10.0. The summed E-state index contributed by atoms with van der Waals surface area (Å²) >= 11 is 6.00. The topological polar surface area (TPSA) is 106 Å². The Hall–Kier alpha value is -4.56. The minimum absolute atomic E-state index is 0.282. The van der Waals surface area contributed by atoms with Crippen molar-refractivity contribution in [2.45, 2.75) is 6.54 Å². The Labute approximate surface area is 204 Å². The van der Waals surface area contributed by atoms with Crippen LogP contribution in [0.3, 0.4) is 0 Å². The lowest BCUT2D eigenvalue weighted by molar-refractivity contribution is -0.122. The summed E-state index contributed by atoms with van der Waals surface area (Å²) < 4.78 is 1.30. The van der Waals surface area contributed by atoms with Gasteiger partial charge in [0.15, 0.2) is 0 Å². The summed E-state index contributed by atoms with van der Waals surface area (Å²) in [6, 6.07) is 23.0. The second-order valence-corrected chi connectivity index (χ2v) is 8.19. The number of para-hydroxylation sites is 3. The third-order valence-electron chi connectivity index (χ3n) is 5.47. The van der Waals surface area contributed by atoms with Crippen LogP contribution in [0.4, 0.5) is 0 Å². The molecule has 2 heterocycles. The monoisotopic (exact) mass is 483 g/mol. The van der Waals surface area contributed by atoms with E-state index in [1.165, 1.54) is 4.57 Å². The number of rotatable bonds is 4. The third kappa shape index (κ3) is 4.60. The van der Waals surface area contributed by atoms with Crippen LogP contribution in [0.15, 0.2) is 89.9 Å². The van der Waals surface area contributed by atoms with Gasteiger partial charge in [0.25, 0.3) is 17.4 Å². The van der Waals surface area contributed by atoms with Gasteiger partial charge >= 0.3 is 0 Å². The maximum Gasteiger partial charge on any atom is 0.270 e. The Balaban J connectivity index is 1.39. The van der Waals surface area contributed by atoms with Gasteiger partial charge in [0.05, 0.1) is 34.0 Å². The average Bonchev–Trinajstić information content (AvgIpc) is 2.88. The zero-order chi connectivity index (χ0) is 24.4. The number of carbonyl (C=O) groups is 2. The summed E-state index contributed by atoms with van der Waals surface area (Å²) in [5.74, 6) is -1.08. The first-order valence-corrected chi connectivity index (χ1v) is 11.1. The van der Waals surface area contributed by atoms with Gasteiger partial charge in [0.2, 0.25) is 0 Å². The average molecular weight is 484 g/mol. The van der Waals surface area contributed by atoms with Crippen molar-refractivity contribution < 1.29 is 9.59 Å². The van der Waals surface area contributed by atoms with Crippen LogP contribution < -0.4 is 16.4 Å². The zero-order valence-corrected chi connectivity index (χ0v) is 19.0. The molecule has 0 bridgehead atoms. The molecule has 172 valence electrons. The lowest BCUT2D eigenvalue weighted by Crippen LogP contribution is -2.44. The Morgan fingerprint density at radius 3 is 2.40 bits per heavy atom. The van der Waals surface area contributed by atoms with E-state index in [1.54, 1.807) is 48.5 Å². The highest BCUT2D eigenvalue weighted by Crippen LogP contribution is 2.26. The highest BCUT2D eigenvalue weighted by Gasteiger charge is 2.15. The Morgan fingerprint density at radius 2 is 1.60 bits per heavy atom. The first-order chi connectivity index (χ1) is 17.0. The summed E-state index contributed by atoms with van der Waals surface area (Å²) in [6.07, 6.45) is 1.16. The number of hydrazine groups is 1. The van der Waals surface area contributed by atoms with Gasteiger partial charge < -0.3 is 0 Å². The molecule has 9 heteroatoms. The molecule has 0 aliphatic rings. The Kier molecular flexibility index (Phi) is 5.95. The van der Waals surface area contributed by atoms with Crippen molar-refractivity contribution in [1.82, 2.24) is 25.4 Å². The van der Waals surface area contributed by atoms with Crippen LogP contribution in [0.25, 0.3) is 33.2 Å². The van der Waals surface area contributed by atoms with E-state index >= 15 is 0 Å². The van der Waals surface area contributed by atoms with Crippen LogP contribution in [-0.4, -0.2) is 26.3 Å². The van der Waals surface area contributed by atoms with E-state index < -0.39 is 17.4 Å². The highest BCUT2D eigenvalue weighted by molar-refractivity contribution is 6.30. The van der Waals surface area contributed by atoms with E-state index in [0.717, 1.165) is 11.8 Å². The molecule has 0 saturated carbocycles. The van der Waals surface area contributed by atoms with E-state index in [-0.39, 0.29) is 6.54 Å². The molecule has 8 nitrogen and oxygen atoms in total. The predicted octanol–water partition coefficient (Wildman–Crippen LogP) is 3.73. The number of carbonyl (C=O) groups excluding carboxylic acids is 2. The summed E-state index contributed by atoms with van der Waals surface area (Å²) in [4.78, 5) is 46.7. The molecule has 5 rings (SSSR count). The van der Waals surface area contributed by atoms with Gasteiger partial charge in [-0.15, -0.1) is 0 Å². The number of aromatic nitrogens is 3. The number of fused-ring (bicyclic) bond motifs is 2. The summed E-state index contributed by atoms with van der Waals surface area (Å²) in [5, 5.41) is 1.23. The largest absolute Gasteiger partial charge is 0.296 e. The fraction of sp³-hybridized carbons (Fsp3) is 0.0385. The van der Waals surface area contributed by atoms with Gasteiger partial charge in [0.1, 0.15) is 6.54 Å². The number of hydrogen-bond acceptors (Lipinski definition) is 5. The molecule has 0 unspecified atom stereocenters. The van der Waals surface area contributed by atoms with Crippen LogP contribution in [0.1, 0.15) is 10.4 Å². The number of nitrogens with zero attached hydrogens (tertiary/aromatic N) is 3. The van der Waals surface area contributed by atoms with Crippen molar-refractivity contribution in [3.63, 3.8) is 0 Å². The molecule has 5 aromatic rings. The molecule has 0 atom stereocenters. The van der Waals surface area contributed by atoms with E-state index in [0.29, 0.717) is 38.2 Å². The normalized spacial score (nSPS) is 10.9. The smallest absolute Gasteiger partial charge is 0.270 e. The molecule has 2 N–H and O–H groups in total. The molecule has 0 aliphatic heterocycles. The van der Waals surface area contributed by atoms with Crippen LogP contribution in [0.2, 0.25) is 5.02 Å². The van der Waals surface area contributed by atoms with Crippen LogP contribution in [-0.2, 0) is 11.3 Å². The molecule has 2 aromatic heterocycles. The minimum atomic E-state index is -0.562. The van der Waals surface area contributed by atoms with Crippen LogP contribution in [0.5, 0.6) is 0 Å². The van der Waals surface area contributed by atoms with Crippen LogP contribution in [0, 0.1) is 0 Å². The second kappa shape index (κ2) is 9.36. The molecule has 35 heavy (non-hydrogen) atoms. The van der Waals surface area contributed by atoms with Gasteiger partial charge in [-0.05, 0) is 36.4 Å². The van der Waals surface area contributed by atoms with Gasteiger partial charge in [-0.2, -0.15) is 0 Å². The summed E-state index contributed by atoms with van der Waals surface area (Å²) in [6.45, 7) is -0.282. The third-order valence-corrected chi connectivity index (χ3v) is 5.72. The van der Waals surface area contributed by atoms with Gasteiger partial charge in [-0.3, -0.25) is 29.8 Å². The predicted molar refractivity (Wildman–Crippen MR) is 134 cm³/mol. The highest BCUT2D eigenvalue weighted by atomic mass is 35.5. The molecule has 0 fully saturated rings. The van der Waals surface area contributed by atoms with E-state index in [9.17, 15) is 14.4 Å². The summed E-state index contributed by atoms with van der Waals surface area (Å²) in [7, 11) is 0. The van der Waals surface area contributed by atoms with Gasteiger partial charge in [0, 0.05) is 16.0 Å². The van der Waals surface area contributed by atoms with Crippen molar-refractivity contribution in [1.29, 1.82) is 0 Å². The van der Waals surface area contributed by atoms with Gasteiger partial charge in [-0.25, -0.2) is 9.97 Å². The first kappa shape index (κ1) is 22.2. The molecular formula is C26H18ClN5O3. The van der Waals surface area contributed by atoms with Crippen molar-refractivity contribution in [3.8, 4) is 11.3 Å². The number of benzene rings is 3. The maximum atomic E-state index is 13.1. The van der Waals surface area contributed by atoms with E-state index in [1.807, 2.05) is 30.3 Å². The van der Waals surface area contributed by atoms with Crippen LogP contribution >= 0.6 is 11.6 Å². The number of halogens is 1. The molecule has 0 spiro atoms. The zero-order valence-electron chi connectivity index (χ0n) is 18.2. The summed E-state index contributed by atoms with van der Waals surface area (Å²) in [5.41, 5.74) is 7.89. The molecule has 0 aliphatic carbocycles. The first-order valence-electron chi connectivity index (χ1n) is 10.7. The van der Waals surface area contributed by atoms with Gasteiger partial charge in [-0.1, -0.05) is 54.1 Å². The second-order valence-electron chi connectivity index (χ2n) is 7.75. The molecule has 3 aromatic carbocycles. The standard InChI is InChI=1S/C26H18ClN5O3/c27-17-11-9-16(10-12-17)22-13-19(18-5-1-2-6-20(18)29-22)26(35)31-30-24(33)15-32-23-8-4-3-7-21(23)28-14-25(32)34/h1-14H,15H2,(H,30,33)(H,31,35). The number of amides is 2. The van der Waals surface area contributed by atoms with Crippen molar-refractivity contribution in [3.05, 3.63) is 106 Å². The number of pyridine rings is 1.